The van der Waals surface area contributed by atoms with E-state index in [0.29, 0.717) is 6.04 Å². The Kier molecular flexibility index (Phi) is 4.73. The average molecular weight is 270 g/mol. The van der Waals surface area contributed by atoms with Crippen LogP contribution in [-0.2, 0) is 6.54 Å². The third-order valence-electron chi connectivity index (χ3n) is 3.18. The van der Waals surface area contributed by atoms with Crippen LogP contribution in [0.15, 0.2) is 36.4 Å². The molecule has 1 N–H and O–H groups in total. The lowest BCUT2D eigenvalue weighted by Crippen LogP contribution is -2.19. The molecular weight excluding hydrogens is 252 g/mol. The van der Waals surface area contributed by atoms with Gasteiger partial charge in [0.15, 0.2) is 0 Å². The third kappa shape index (κ3) is 3.66. The highest BCUT2D eigenvalue weighted by atomic mass is 32.1. The van der Waals surface area contributed by atoms with Gasteiger partial charge in [0.25, 0.3) is 0 Å². The number of nitrogens with one attached hydrogen (secondary N) is 1. The minimum Gasteiger partial charge on any atom is -0.305 e. The van der Waals surface area contributed by atoms with Crippen LogP contribution in [0, 0.1) is 18.3 Å². The predicted molar refractivity (Wildman–Crippen MR) is 80.1 cm³/mol. The van der Waals surface area contributed by atoms with E-state index in [-0.39, 0.29) is 0 Å². The molecule has 0 saturated carbocycles. The van der Waals surface area contributed by atoms with E-state index in [1.54, 1.807) is 11.3 Å². The van der Waals surface area contributed by atoms with Crippen LogP contribution in [0.2, 0.25) is 0 Å². The maximum absolute atomic E-state index is 8.82. The Morgan fingerprint density at radius 2 is 1.95 bits per heavy atom. The van der Waals surface area contributed by atoms with E-state index in [1.165, 1.54) is 16.0 Å². The lowest BCUT2D eigenvalue weighted by atomic mass is 10.0. The summed E-state index contributed by atoms with van der Waals surface area (Å²) in [5.41, 5.74) is 2.61. The van der Waals surface area contributed by atoms with Gasteiger partial charge in [0.05, 0.1) is 0 Å². The van der Waals surface area contributed by atoms with E-state index in [1.807, 2.05) is 12.1 Å². The van der Waals surface area contributed by atoms with Crippen LogP contribution in [-0.4, -0.2) is 0 Å². The zero-order valence-electron chi connectivity index (χ0n) is 11.3. The first kappa shape index (κ1) is 13.8. The Bertz CT molecular complexity index is 563. The van der Waals surface area contributed by atoms with Crippen molar-refractivity contribution in [2.45, 2.75) is 32.9 Å². The Morgan fingerprint density at radius 3 is 2.53 bits per heavy atom. The topological polar surface area (TPSA) is 35.8 Å². The number of rotatable bonds is 5. The monoisotopic (exact) mass is 270 g/mol. The molecule has 1 aromatic heterocycles. The van der Waals surface area contributed by atoms with Gasteiger partial charge in [-0.1, -0.05) is 36.8 Å². The molecule has 98 valence electrons. The zero-order chi connectivity index (χ0) is 13.7. The van der Waals surface area contributed by atoms with Crippen LogP contribution in [0.5, 0.6) is 0 Å². The minimum atomic E-state index is 0.369. The SMILES string of the molecule is CCC(NCc1ccc(C#N)s1)c1ccc(C)cc1. The van der Waals surface area contributed by atoms with E-state index in [0.717, 1.165) is 17.8 Å². The van der Waals surface area contributed by atoms with Crippen LogP contribution < -0.4 is 5.32 Å². The van der Waals surface area contributed by atoms with E-state index in [4.69, 9.17) is 5.26 Å². The number of hydrogen-bond donors (Lipinski definition) is 1. The van der Waals surface area contributed by atoms with Crippen molar-refractivity contribution in [3.8, 4) is 6.07 Å². The summed E-state index contributed by atoms with van der Waals surface area (Å²) in [5, 5.41) is 12.4. The molecular formula is C16H18N2S. The Hall–Kier alpha value is -1.63. The Balaban J connectivity index is 1.99. The molecule has 19 heavy (non-hydrogen) atoms. The van der Waals surface area contributed by atoms with Crippen LogP contribution in [0.4, 0.5) is 0 Å². The highest BCUT2D eigenvalue weighted by molar-refractivity contribution is 7.12. The van der Waals surface area contributed by atoms with Gasteiger partial charge in [-0.05, 0) is 31.0 Å². The minimum absolute atomic E-state index is 0.369. The van der Waals surface area contributed by atoms with Crippen LogP contribution in [0.3, 0.4) is 0 Å². The number of nitrogens with zero attached hydrogens (tertiary/aromatic N) is 1. The van der Waals surface area contributed by atoms with Gasteiger partial charge in [0.1, 0.15) is 10.9 Å². The second-order valence-electron chi connectivity index (χ2n) is 4.63. The number of nitriles is 1. The Morgan fingerprint density at radius 1 is 1.21 bits per heavy atom. The summed E-state index contributed by atoms with van der Waals surface area (Å²) in [6, 6.07) is 15.1. The summed E-state index contributed by atoms with van der Waals surface area (Å²) < 4.78 is 0. The number of thiophene rings is 1. The zero-order valence-corrected chi connectivity index (χ0v) is 12.1. The molecule has 0 spiro atoms. The molecule has 0 aliphatic rings. The average Bonchev–Trinajstić information content (AvgIpc) is 2.89. The molecule has 0 radical (unpaired) electrons. The highest BCUT2D eigenvalue weighted by Gasteiger charge is 2.09. The van der Waals surface area contributed by atoms with Gasteiger partial charge in [0.2, 0.25) is 0 Å². The van der Waals surface area contributed by atoms with Gasteiger partial charge in [0, 0.05) is 17.5 Å². The molecule has 1 atom stereocenters. The molecule has 0 saturated heterocycles. The van der Waals surface area contributed by atoms with Gasteiger partial charge in [-0.25, -0.2) is 0 Å². The smallest absolute Gasteiger partial charge is 0.110 e. The first-order valence-corrected chi connectivity index (χ1v) is 7.33. The second kappa shape index (κ2) is 6.51. The molecule has 2 aromatic rings. The third-order valence-corrected chi connectivity index (χ3v) is 4.17. The fraction of sp³-hybridized carbons (Fsp3) is 0.312. The lowest BCUT2D eigenvalue weighted by Gasteiger charge is -2.17. The fourth-order valence-corrected chi connectivity index (χ4v) is 2.81. The largest absolute Gasteiger partial charge is 0.305 e. The van der Waals surface area contributed by atoms with E-state index in [9.17, 15) is 0 Å². The van der Waals surface area contributed by atoms with Crippen LogP contribution in [0.1, 0.15) is 40.3 Å². The maximum Gasteiger partial charge on any atom is 0.110 e. The highest BCUT2D eigenvalue weighted by Crippen LogP contribution is 2.20. The summed E-state index contributed by atoms with van der Waals surface area (Å²) in [7, 11) is 0. The van der Waals surface area contributed by atoms with E-state index < -0.39 is 0 Å². The second-order valence-corrected chi connectivity index (χ2v) is 5.80. The molecule has 3 heteroatoms. The predicted octanol–water partition coefficient (Wildman–Crippen LogP) is 4.17. The lowest BCUT2D eigenvalue weighted by molar-refractivity contribution is 0.522. The van der Waals surface area contributed by atoms with Crippen molar-refractivity contribution >= 4 is 11.3 Å². The van der Waals surface area contributed by atoms with Gasteiger partial charge >= 0.3 is 0 Å². The molecule has 2 rings (SSSR count). The van der Waals surface area contributed by atoms with Crippen molar-refractivity contribution < 1.29 is 0 Å². The molecule has 0 aliphatic carbocycles. The van der Waals surface area contributed by atoms with Crippen molar-refractivity contribution in [2.75, 3.05) is 0 Å². The fourth-order valence-electron chi connectivity index (χ4n) is 2.05. The molecule has 0 amide bonds. The van der Waals surface area contributed by atoms with Gasteiger partial charge < -0.3 is 5.32 Å². The Labute approximate surface area is 118 Å². The molecule has 0 fully saturated rings. The summed E-state index contributed by atoms with van der Waals surface area (Å²) >= 11 is 1.56. The molecule has 2 nitrogen and oxygen atoms in total. The molecule has 1 unspecified atom stereocenters. The first-order chi connectivity index (χ1) is 9.22. The van der Waals surface area contributed by atoms with Gasteiger partial charge in [-0.15, -0.1) is 11.3 Å². The summed E-state index contributed by atoms with van der Waals surface area (Å²) in [5.74, 6) is 0. The molecule has 1 heterocycles. The van der Waals surface area contributed by atoms with E-state index in [2.05, 4.69) is 49.5 Å². The van der Waals surface area contributed by atoms with Crippen molar-refractivity contribution in [3.05, 3.63) is 57.3 Å². The molecule has 0 bridgehead atoms. The number of benzene rings is 1. The van der Waals surface area contributed by atoms with Crippen LogP contribution >= 0.6 is 11.3 Å². The van der Waals surface area contributed by atoms with Crippen LogP contribution in [0.25, 0.3) is 0 Å². The summed E-state index contributed by atoms with van der Waals surface area (Å²) in [6.07, 6.45) is 1.06. The standard InChI is InChI=1S/C16H18N2S/c1-3-16(13-6-4-12(2)5-7-13)18-11-15-9-8-14(10-17)19-15/h4-9,16,18H,3,11H2,1-2H3. The normalized spacial score (nSPS) is 12.1. The molecule has 0 aliphatic heterocycles. The maximum atomic E-state index is 8.82. The van der Waals surface area contributed by atoms with E-state index >= 15 is 0 Å². The van der Waals surface area contributed by atoms with Crippen molar-refractivity contribution in [2.24, 2.45) is 0 Å². The molecule has 1 aromatic carbocycles. The van der Waals surface area contributed by atoms with Gasteiger partial charge in [-0.2, -0.15) is 5.26 Å². The first-order valence-electron chi connectivity index (χ1n) is 6.51. The van der Waals surface area contributed by atoms with Crippen molar-refractivity contribution in [3.63, 3.8) is 0 Å². The number of aryl methyl sites for hydroxylation is 1. The van der Waals surface area contributed by atoms with Crippen molar-refractivity contribution in [1.82, 2.24) is 5.32 Å². The number of hydrogen-bond acceptors (Lipinski definition) is 3. The van der Waals surface area contributed by atoms with Gasteiger partial charge in [-0.3, -0.25) is 0 Å². The summed E-state index contributed by atoms with van der Waals surface area (Å²) in [4.78, 5) is 1.99. The quantitative estimate of drug-likeness (QED) is 0.885. The van der Waals surface area contributed by atoms with Crippen molar-refractivity contribution in [1.29, 1.82) is 5.26 Å². The summed E-state index contributed by atoms with van der Waals surface area (Å²) in [6.45, 7) is 5.11.